The van der Waals surface area contributed by atoms with Gasteiger partial charge in [-0.05, 0) is 14.0 Å². The standard InChI is InChI=1S/C10H14N4S/c1-8-13-4-9(3-11-2)14(8)6-10-5-12-7-15-10/h4-5,7,11H,3,6H2,1-2H3. The lowest BCUT2D eigenvalue weighted by atomic mass is 10.4. The lowest BCUT2D eigenvalue weighted by Gasteiger charge is -2.08. The molecule has 0 unspecified atom stereocenters. The molecule has 0 aromatic carbocycles. The van der Waals surface area contributed by atoms with Crippen molar-refractivity contribution in [2.45, 2.75) is 20.0 Å². The Morgan fingerprint density at radius 2 is 2.33 bits per heavy atom. The Kier molecular flexibility index (Phi) is 3.13. The Hall–Kier alpha value is -1.20. The van der Waals surface area contributed by atoms with Gasteiger partial charge in [-0.15, -0.1) is 11.3 Å². The predicted octanol–water partition coefficient (Wildman–Crippen LogP) is 1.42. The number of nitrogens with zero attached hydrogens (tertiary/aromatic N) is 3. The van der Waals surface area contributed by atoms with Gasteiger partial charge in [-0.25, -0.2) is 4.98 Å². The number of hydrogen-bond acceptors (Lipinski definition) is 4. The van der Waals surface area contributed by atoms with Crippen LogP contribution in [-0.4, -0.2) is 21.6 Å². The van der Waals surface area contributed by atoms with Crippen LogP contribution in [0.2, 0.25) is 0 Å². The molecule has 0 bridgehead atoms. The fraction of sp³-hybridized carbons (Fsp3) is 0.400. The molecular weight excluding hydrogens is 208 g/mol. The van der Waals surface area contributed by atoms with Gasteiger partial charge in [0.2, 0.25) is 0 Å². The third-order valence-electron chi connectivity index (χ3n) is 2.29. The number of rotatable bonds is 4. The highest BCUT2D eigenvalue weighted by atomic mass is 32.1. The minimum Gasteiger partial charge on any atom is -0.326 e. The van der Waals surface area contributed by atoms with E-state index in [1.165, 1.54) is 10.6 Å². The molecule has 80 valence electrons. The molecule has 0 saturated heterocycles. The summed E-state index contributed by atoms with van der Waals surface area (Å²) in [6.07, 6.45) is 3.83. The third kappa shape index (κ3) is 2.24. The Labute approximate surface area is 93.0 Å². The molecule has 1 N–H and O–H groups in total. The van der Waals surface area contributed by atoms with Crippen molar-refractivity contribution in [2.24, 2.45) is 0 Å². The lowest BCUT2D eigenvalue weighted by Crippen LogP contribution is -2.12. The smallest absolute Gasteiger partial charge is 0.106 e. The molecule has 0 aliphatic heterocycles. The zero-order valence-electron chi connectivity index (χ0n) is 8.90. The molecule has 0 aliphatic rings. The van der Waals surface area contributed by atoms with Gasteiger partial charge in [0.05, 0.1) is 17.7 Å². The first-order chi connectivity index (χ1) is 7.31. The summed E-state index contributed by atoms with van der Waals surface area (Å²) in [7, 11) is 1.94. The molecule has 0 atom stereocenters. The van der Waals surface area contributed by atoms with Gasteiger partial charge in [-0.2, -0.15) is 0 Å². The van der Waals surface area contributed by atoms with Crippen LogP contribution in [0.4, 0.5) is 0 Å². The van der Waals surface area contributed by atoms with Crippen molar-refractivity contribution in [1.82, 2.24) is 19.9 Å². The summed E-state index contributed by atoms with van der Waals surface area (Å²) >= 11 is 1.68. The molecule has 2 heterocycles. The second-order valence-electron chi connectivity index (χ2n) is 3.38. The minimum absolute atomic E-state index is 0.847. The maximum absolute atomic E-state index is 4.32. The average Bonchev–Trinajstić information content (AvgIpc) is 2.83. The van der Waals surface area contributed by atoms with Crippen molar-refractivity contribution in [2.75, 3.05) is 7.05 Å². The second kappa shape index (κ2) is 4.55. The van der Waals surface area contributed by atoms with Crippen molar-refractivity contribution in [3.05, 3.63) is 34.3 Å². The van der Waals surface area contributed by atoms with Crippen LogP contribution in [0.25, 0.3) is 0 Å². The first kappa shape index (κ1) is 10.3. The summed E-state index contributed by atoms with van der Waals surface area (Å²) in [5.74, 6) is 1.05. The monoisotopic (exact) mass is 222 g/mol. The molecule has 2 aromatic heterocycles. The molecular formula is C10H14N4S. The Morgan fingerprint density at radius 3 is 3.00 bits per heavy atom. The van der Waals surface area contributed by atoms with Crippen LogP contribution in [0.15, 0.2) is 17.9 Å². The molecule has 0 radical (unpaired) electrons. The molecule has 0 saturated carbocycles. The van der Waals surface area contributed by atoms with Crippen molar-refractivity contribution < 1.29 is 0 Å². The van der Waals surface area contributed by atoms with Crippen LogP contribution >= 0.6 is 11.3 Å². The predicted molar refractivity (Wildman–Crippen MR) is 60.9 cm³/mol. The lowest BCUT2D eigenvalue weighted by molar-refractivity contribution is 0.680. The SMILES string of the molecule is CNCc1cnc(C)n1Cc1cncs1. The summed E-state index contributed by atoms with van der Waals surface area (Å²) in [5, 5.41) is 3.14. The van der Waals surface area contributed by atoms with Crippen LogP contribution in [0.5, 0.6) is 0 Å². The number of aryl methyl sites for hydroxylation is 1. The van der Waals surface area contributed by atoms with E-state index in [1.54, 1.807) is 11.3 Å². The van der Waals surface area contributed by atoms with E-state index < -0.39 is 0 Å². The highest BCUT2D eigenvalue weighted by Gasteiger charge is 2.06. The molecule has 0 amide bonds. The zero-order chi connectivity index (χ0) is 10.7. The number of hydrogen-bond donors (Lipinski definition) is 1. The summed E-state index contributed by atoms with van der Waals surface area (Å²) in [5.41, 5.74) is 3.07. The fourth-order valence-corrected chi connectivity index (χ4v) is 2.11. The van der Waals surface area contributed by atoms with E-state index in [0.717, 1.165) is 18.9 Å². The molecule has 0 spiro atoms. The summed E-state index contributed by atoms with van der Waals surface area (Å²) in [4.78, 5) is 9.66. The summed E-state index contributed by atoms with van der Waals surface area (Å²) < 4.78 is 2.21. The van der Waals surface area contributed by atoms with Gasteiger partial charge in [-0.3, -0.25) is 4.98 Å². The number of imidazole rings is 1. The average molecular weight is 222 g/mol. The van der Waals surface area contributed by atoms with Crippen LogP contribution < -0.4 is 5.32 Å². The normalized spacial score (nSPS) is 10.8. The van der Waals surface area contributed by atoms with Crippen LogP contribution in [0.1, 0.15) is 16.4 Å². The van der Waals surface area contributed by atoms with E-state index in [-0.39, 0.29) is 0 Å². The highest BCUT2D eigenvalue weighted by Crippen LogP contribution is 2.12. The largest absolute Gasteiger partial charge is 0.326 e. The molecule has 5 heteroatoms. The van der Waals surface area contributed by atoms with E-state index >= 15 is 0 Å². The van der Waals surface area contributed by atoms with Crippen molar-refractivity contribution in [3.8, 4) is 0 Å². The minimum atomic E-state index is 0.847. The maximum atomic E-state index is 4.32. The van der Waals surface area contributed by atoms with Gasteiger partial charge in [0, 0.05) is 23.8 Å². The highest BCUT2D eigenvalue weighted by molar-refractivity contribution is 7.09. The molecule has 0 aliphatic carbocycles. The molecule has 2 rings (SSSR count). The molecule has 15 heavy (non-hydrogen) atoms. The van der Waals surface area contributed by atoms with E-state index in [2.05, 4.69) is 19.9 Å². The van der Waals surface area contributed by atoms with Gasteiger partial charge in [0.1, 0.15) is 5.82 Å². The summed E-state index contributed by atoms with van der Waals surface area (Å²) in [6.45, 7) is 3.74. The van der Waals surface area contributed by atoms with Gasteiger partial charge < -0.3 is 9.88 Å². The first-order valence-electron chi connectivity index (χ1n) is 4.84. The van der Waals surface area contributed by atoms with Crippen LogP contribution in [0.3, 0.4) is 0 Å². The molecule has 0 fully saturated rings. The first-order valence-corrected chi connectivity index (χ1v) is 5.72. The number of aromatic nitrogens is 3. The Balaban J connectivity index is 2.22. The number of nitrogens with one attached hydrogen (secondary N) is 1. The van der Waals surface area contributed by atoms with E-state index in [9.17, 15) is 0 Å². The third-order valence-corrected chi connectivity index (χ3v) is 3.06. The van der Waals surface area contributed by atoms with Crippen molar-refractivity contribution in [3.63, 3.8) is 0 Å². The van der Waals surface area contributed by atoms with Gasteiger partial charge in [0.15, 0.2) is 0 Å². The molecule has 2 aromatic rings. The van der Waals surface area contributed by atoms with Crippen molar-refractivity contribution in [1.29, 1.82) is 0 Å². The topological polar surface area (TPSA) is 42.7 Å². The van der Waals surface area contributed by atoms with E-state index in [4.69, 9.17) is 0 Å². The maximum Gasteiger partial charge on any atom is 0.106 e. The molecule has 4 nitrogen and oxygen atoms in total. The second-order valence-corrected chi connectivity index (χ2v) is 4.35. The van der Waals surface area contributed by atoms with Gasteiger partial charge >= 0.3 is 0 Å². The van der Waals surface area contributed by atoms with Crippen molar-refractivity contribution >= 4 is 11.3 Å². The van der Waals surface area contributed by atoms with Gasteiger partial charge in [0.25, 0.3) is 0 Å². The quantitative estimate of drug-likeness (QED) is 0.850. The summed E-state index contributed by atoms with van der Waals surface area (Å²) in [6, 6.07) is 0. The van der Waals surface area contributed by atoms with E-state index in [0.29, 0.717) is 0 Å². The van der Waals surface area contributed by atoms with E-state index in [1.807, 2.05) is 31.9 Å². The van der Waals surface area contributed by atoms with Gasteiger partial charge in [-0.1, -0.05) is 0 Å². The Bertz CT molecular complexity index is 419. The zero-order valence-corrected chi connectivity index (χ0v) is 9.71. The number of thiazole rings is 1. The Morgan fingerprint density at radius 1 is 1.47 bits per heavy atom. The van der Waals surface area contributed by atoms with Crippen LogP contribution in [0, 0.1) is 6.92 Å². The van der Waals surface area contributed by atoms with Crippen LogP contribution in [-0.2, 0) is 13.1 Å². The fourth-order valence-electron chi connectivity index (χ4n) is 1.53.